The molecule has 0 aromatic heterocycles. The Morgan fingerprint density at radius 2 is 1.75 bits per heavy atom. The summed E-state index contributed by atoms with van der Waals surface area (Å²) >= 11 is 0. The zero-order valence-electron chi connectivity index (χ0n) is 2.69. The lowest BCUT2D eigenvalue weighted by molar-refractivity contribution is 1.11. The van der Waals surface area contributed by atoms with Gasteiger partial charge in [-0.25, -0.2) is 0 Å². The van der Waals surface area contributed by atoms with Gasteiger partial charge < -0.3 is 5.73 Å². The second-order valence-electron chi connectivity index (χ2n) is 0.408. The second-order valence-corrected chi connectivity index (χ2v) is 0.408. The molecule has 0 saturated carbocycles. The van der Waals surface area contributed by atoms with Crippen molar-refractivity contribution in [1.82, 2.24) is 0 Å². The number of hydrogen-bond acceptors (Lipinski definition) is 1. The van der Waals surface area contributed by atoms with Crippen molar-refractivity contribution in [2.75, 3.05) is 6.54 Å². The van der Waals surface area contributed by atoms with E-state index in [9.17, 15) is 0 Å². The molecule has 0 unspecified atom stereocenters. The van der Waals surface area contributed by atoms with Crippen LogP contribution in [0.5, 0.6) is 0 Å². The largest absolute Gasteiger partial charge is 0.331 e. The van der Waals surface area contributed by atoms with Gasteiger partial charge in [0.05, 0.1) is 0 Å². The molecule has 0 radical (unpaired) electrons. The summed E-state index contributed by atoms with van der Waals surface area (Å²) in [6.07, 6.45) is 0. The van der Waals surface area contributed by atoms with E-state index >= 15 is 0 Å². The van der Waals surface area contributed by atoms with Gasteiger partial charge in [-0.15, -0.1) is 0 Å². The van der Waals surface area contributed by atoms with Gasteiger partial charge >= 0.3 is 0 Å². The summed E-state index contributed by atoms with van der Waals surface area (Å²) in [5, 5.41) is 0. The predicted molar refractivity (Wildman–Crippen MR) is 17.2 cm³/mol. The Bertz CT molecular complexity index is 6.00. The molecule has 0 bridgehead atoms. The summed E-state index contributed by atoms with van der Waals surface area (Å²) < 4.78 is 0. The van der Waals surface area contributed by atoms with Gasteiger partial charge in [-0.3, -0.25) is 4.70 Å². The minimum Gasteiger partial charge on any atom is -0.331 e. The number of hydrogen-bond donors (Lipinski definition) is 1. The SMILES string of the molecule is CCN.F. The Labute approximate surface area is 25.2 Å². The predicted octanol–water partition coefficient (Wildman–Crippen LogP) is 0.118. The van der Waals surface area contributed by atoms with E-state index < -0.39 is 0 Å². The molecular weight excluding hydrogens is 57.0 g/mol. The van der Waals surface area contributed by atoms with E-state index in [-0.39, 0.29) is 4.70 Å². The first kappa shape index (κ1) is 9.10. The van der Waals surface area contributed by atoms with Crippen molar-refractivity contribution in [3.63, 3.8) is 0 Å². The molecule has 0 aliphatic rings. The van der Waals surface area contributed by atoms with Gasteiger partial charge in [0, 0.05) is 0 Å². The highest BCUT2D eigenvalue weighted by atomic mass is 19.0. The number of halogens is 1. The van der Waals surface area contributed by atoms with E-state index in [0.29, 0.717) is 0 Å². The first-order valence-corrected chi connectivity index (χ1v) is 1.12. The minimum absolute atomic E-state index is 0. The Kier molecular flexibility index (Phi) is 29.6. The van der Waals surface area contributed by atoms with E-state index in [0.717, 1.165) is 6.54 Å². The fraction of sp³-hybridized carbons (Fsp3) is 1.00. The summed E-state index contributed by atoms with van der Waals surface area (Å²) in [6.45, 7) is 2.65. The molecule has 0 aliphatic heterocycles. The third-order valence-electron chi connectivity index (χ3n) is 0. The molecule has 0 saturated heterocycles. The van der Waals surface area contributed by atoms with Crippen LogP contribution in [0.4, 0.5) is 4.70 Å². The molecule has 0 atom stereocenters. The normalized spacial score (nSPS) is 4.50. The zero-order chi connectivity index (χ0) is 2.71. The maximum atomic E-state index is 4.85. The van der Waals surface area contributed by atoms with E-state index in [1.54, 1.807) is 0 Å². The van der Waals surface area contributed by atoms with Crippen LogP contribution in [0.2, 0.25) is 0 Å². The highest BCUT2D eigenvalue weighted by molar-refractivity contribution is 4.00. The van der Waals surface area contributed by atoms with E-state index in [4.69, 9.17) is 5.73 Å². The smallest absolute Gasteiger partial charge is 0.0106 e. The van der Waals surface area contributed by atoms with Crippen LogP contribution in [0.3, 0.4) is 0 Å². The van der Waals surface area contributed by atoms with Crippen LogP contribution >= 0.6 is 0 Å². The third-order valence-corrected chi connectivity index (χ3v) is 0. The van der Waals surface area contributed by atoms with E-state index in [2.05, 4.69) is 0 Å². The average Bonchev–Trinajstić information content (AvgIpc) is 0.918. The molecule has 0 aromatic rings. The van der Waals surface area contributed by atoms with Crippen LogP contribution in [0, 0.1) is 0 Å². The summed E-state index contributed by atoms with van der Waals surface area (Å²) in [7, 11) is 0. The highest BCUT2D eigenvalue weighted by Gasteiger charge is 1.32. The molecule has 0 aliphatic carbocycles. The van der Waals surface area contributed by atoms with Crippen LogP contribution < -0.4 is 5.73 Å². The van der Waals surface area contributed by atoms with Crippen LogP contribution in [-0.4, -0.2) is 6.54 Å². The van der Waals surface area contributed by atoms with Crippen LogP contribution in [-0.2, 0) is 0 Å². The van der Waals surface area contributed by atoms with Gasteiger partial charge in [-0.05, 0) is 6.54 Å². The Balaban J connectivity index is 0. The van der Waals surface area contributed by atoms with Crippen molar-refractivity contribution in [2.24, 2.45) is 5.73 Å². The molecule has 0 spiro atoms. The highest BCUT2D eigenvalue weighted by Crippen LogP contribution is 1.20. The molecule has 0 heterocycles. The van der Waals surface area contributed by atoms with Crippen LogP contribution in [0.1, 0.15) is 6.92 Å². The van der Waals surface area contributed by atoms with Gasteiger partial charge in [-0.2, -0.15) is 0 Å². The van der Waals surface area contributed by atoms with E-state index in [1.165, 1.54) is 0 Å². The Morgan fingerprint density at radius 1 is 1.75 bits per heavy atom. The molecule has 2 heteroatoms. The molecule has 1 nitrogen and oxygen atoms in total. The van der Waals surface area contributed by atoms with Crippen molar-refractivity contribution >= 4 is 0 Å². The van der Waals surface area contributed by atoms with Gasteiger partial charge in [-0.1, -0.05) is 6.92 Å². The van der Waals surface area contributed by atoms with Crippen molar-refractivity contribution in [1.29, 1.82) is 0 Å². The molecule has 0 fully saturated rings. The lowest BCUT2D eigenvalue weighted by atomic mass is 10.8. The molecule has 2 N–H and O–H groups in total. The van der Waals surface area contributed by atoms with Crippen molar-refractivity contribution in [3.05, 3.63) is 0 Å². The lowest BCUT2D eigenvalue weighted by Crippen LogP contribution is -1.87. The molecular formula is C2H8FN. The van der Waals surface area contributed by atoms with Crippen LogP contribution in [0.15, 0.2) is 0 Å². The standard InChI is InChI=1S/C2H7N.FH/c1-2-3;/h2-3H2,1H3;1H. The van der Waals surface area contributed by atoms with Gasteiger partial charge in [0.2, 0.25) is 0 Å². The fourth-order valence-electron chi connectivity index (χ4n) is 0. The van der Waals surface area contributed by atoms with Gasteiger partial charge in [0.25, 0.3) is 0 Å². The van der Waals surface area contributed by atoms with Crippen LogP contribution in [0.25, 0.3) is 0 Å². The number of rotatable bonds is 0. The van der Waals surface area contributed by atoms with Crippen molar-refractivity contribution in [3.8, 4) is 0 Å². The molecule has 0 amide bonds. The maximum absolute atomic E-state index is 4.85. The summed E-state index contributed by atoms with van der Waals surface area (Å²) in [6, 6.07) is 0. The number of nitrogens with two attached hydrogens (primary N) is 1. The quantitative estimate of drug-likeness (QED) is 0.426. The molecule has 28 valence electrons. The molecule has 0 rings (SSSR count). The van der Waals surface area contributed by atoms with Gasteiger partial charge in [0.15, 0.2) is 0 Å². The third kappa shape index (κ3) is 124. The van der Waals surface area contributed by atoms with Gasteiger partial charge in [0.1, 0.15) is 0 Å². The Morgan fingerprint density at radius 3 is 1.75 bits per heavy atom. The van der Waals surface area contributed by atoms with Crippen molar-refractivity contribution in [2.45, 2.75) is 6.92 Å². The molecule has 4 heavy (non-hydrogen) atoms. The first-order valence-electron chi connectivity index (χ1n) is 1.12. The summed E-state index contributed by atoms with van der Waals surface area (Å²) in [4.78, 5) is 0. The fourth-order valence-corrected chi connectivity index (χ4v) is 0. The Hall–Kier alpha value is -0.110. The summed E-state index contributed by atoms with van der Waals surface area (Å²) in [5.74, 6) is 0. The summed E-state index contributed by atoms with van der Waals surface area (Å²) in [5.41, 5.74) is 4.85. The van der Waals surface area contributed by atoms with Crippen molar-refractivity contribution < 1.29 is 4.70 Å². The zero-order valence-corrected chi connectivity index (χ0v) is 2.69. The monoisotopic (exact) mass is 65.1 g/mol. The second kappa shape index (κ2) is 13.0. The maximum Gasteiger partial charge on any atom is -0.0106 e. The average molecular weight is 65.1 g/mol. The lowest BCUT2D eigenvalue weighted by Gasteiger charge is -1.53. The topological polar surface area (TPSA) is 26.0 Å². The minimum atomic E-state index is 0. The molecule has 0 aromatic carbocycles. The first-order chi connectivity index (χ1) is 1.41. The van der Waals surface area contributed by atoms with E-state index in [1.807, 2.05) is 6.92 Å².